The Morgan fingerprint density at radius 2 is 1.35 bits per heavy atom. The van der Waals surface area contributed by atoms with Crippen LogP contribution in [0, 0.1) is 0 Å². The van der Waals surface area contributed by atoms with Gasteiger partial charge in [-0.1, -0.05) is 103 Å². The third-order valence-electron chi connectivity index (χ3n) is 5.62. The molecule has 0 aromatic heterocycles. The summed E-state index contributed by atoms with van der Waals surface area (Å²) in [5.41, 5.74) is 8.19. The second kappa shape index (κ2) is 8.85. The topological polar surface area (TPSA) is 24.4 Å². The first-order chi connectivity index (χ1) is 15.3. The van der Waals surface area contributed by atoms with Gasteiger partial charge < -0.3 is 5.32 Å². The number of hydrogen-bond acceptors (Lipinski definition) is 2. The van der Waals surface area contributed by atoms with Gasteiger partial charge in [0, 0.05) is 17.5 Å². The summed E-state index contributed by atoms with van der Waals surface area (Å²) in [4.78, 5) is 4.85. The summed E-state index contributed by atoms with van der Waals surface area (Å²) in [6.45, 7) is 0. The lowest BCUT2D eigenvalue weighted by Gasteiger charge is -2.11. The highest BCUT2D eigenvalue weighted by molar-refractivity contribution is 5.86. The maximum Gasteiger partial charge on any atom is 0.0722 e. The summed E-state index contributed by atoms with van der Waals surface area (Å²) in [7, 11) is 0. The highest BCUT2D eigenvalue weighted by Gasteiger charge is 2.23. The first-order valence-corrected chi connectivity index (χ1v) is 10.7. The minimum absolute atomic E-state index is 0.301. The average Bonchev–Trinajstić information content (AvgIpc) is 3.26. The summed E-state index contributed by atoms with van der Waals surface area (Å²) in [5.74, 6) is 0. The van der Waals surface area contributed by atoms with Gasteiger partial charge in [0.05, 0.1) is 11.7 Å². The summed E-state index contributed by atoms with van der Waals surface area (Å²) in [6.07, 6.45) is 7.24. The zero-order valence-corrected chi connectivity index (χ0v) is 17.3. The van der Waals surface area contributed by atoms with Crippen molar-refractivity contribution < 1.29 is 0 Å². The van der Waals surface area contributed by atoms with E-state index < -0.39 is 0 Å². The van der Waals surface area contributed by atoms with Crippen LogP contribution in [0.4, 0.5) is 11.4 Å². The monoisotopic (exact) mass is 400 g/mol. The summed E-state index contributed by atoms with van der Waals surface area (Å²) in [5, 5.41) is 3.69. The van der Waals surface area contributed by atoms with Crippen LogP contribution in [-0.2, 0) is 6.42 Å². The van der Waals surface area contributed by atoms with Gasteiger partial charge in [-0.15, -0.1) is 0 Å². The van der Waals surface area contributed by atoms with Crippen molar-refractivity contribution in [2.75, 3.05) is 5.32 Å². The van der Waals surface area contributed by atoms with E-state index in [1.165, 1.54) is 22.4 Å². The molecule has 31 heavy (non-hydrogen) atoms. The van der Waals surface area contributed by atoms with Crippen LogP contribution in [0.15, 0.2) is 108 Å². The molecule has 4 aromatic rings. The number of fused-ring (bicyclic) bond motifs is 1. The molecule has 2 heteroatoms. The zero-order valence-electron chi connectivity index (χ0n) is 17.3. The molecule has 0 bridgehead atoms. The molecule has 0 amide bonds. The molecule has 0 radical (unpaired) electrons. The molecule has 1 aliphatic rings. The number of aliphatic imine (C=N–C) groups is 1. The van der Waals surface area contributed by atoms with Crippen LogP contribution >= 0.6 is 0 Å². The molecule has 1 N–H and O–H groups in total. The van der Waals surface area contributed by atoms with Gasteiger partial charge >= 0.3 is 0 Å². The van der Waals surface area contributed by atoms with Gasteiger partial charge in [0.15, 0.2) is 0 Å². The highest BCUT2D eigenvalue weighted by Crippen LogP contribution is 2.39. The van der Waals surface area contributed by atoms with Crippen LogP contribution in [-0.4, -0.2) is 6.21 Å². The lowest BCUT2D eigenvalue weighted by Crippen LogP contribution is -2.04. The molecule has 0 fully saturated rings. The SMILES string of the molecule is C(=Cc1cc2c(cc1N=Cc1ccccc1)N[C@H](c1ccccc1)C2)c1ccccc1. The normalized spacial score (nSPS) is 15.3. The van der Waals surface area contributed by atoms with E-state index in [9.17, 15) is 0 Å². The van der Waals surface area contributed by atoms with Gasteiger partial charge in [-0.2, -0.15) is 0 Å². The fourth-order valence-electron chi connectivity index (χ4n) is 3.98. The Labute approximate surface area is 183 Å². The van der Waals surface area contributed by atoms with Crippen LogP contribution in [0.5, 0.6) is 0 Å². The second-order valence-electron chi connectivity index (χ2n) is 7.79. The van der Waals surface area contributed by atoms with Crippen molar-refractivity contribution in [2.24, 2.45) is 4.99 Å². The van der Waals surface area contributed by atoms with E-state index in [0.29, 0.717) is 6.04 Å². The van der Waals surface area contributed by atoms with Crippen molar-refractivity contribution >= 4 is 29.7 Å². The first-order valence-electron chi connectivity index (χ1n) is 10.7. The summed E-state index contributed by atoms with van der Waals surface area (Å²) < 4.78 is 0. The Morgan fingerprint density at radius 3 is 2.06 bits per heavy atom. The molecule has 0 unspecified atom stereocenters. The van der Waals surface area contributed by atoms with Crippen molar-refractivity contribution in [1.29, 1.82) is 0 Å². The minimum Gasteiger partial charge on any atom is -0.378 e. The number of nitrogens with zero attached hydrogens (tertiary/aromatic N) is 1. The largest absolute Gasteiger partial charge is 0.378 e. The van der Waals surface area contributed by atoms with E-state index in [0.717, 1.165) is 23.2 Å². The zero-order chi connectivity index (χ0) is 20.9. The van der Waals surface area contributed by atoms with E-state index in [1.807, 2.05) is 30.5 Å². The number of hydrogen-bond donors (Lipinski definition) is 1. The van der Waals surface area contributed by atoms with E-state index in [-0.39, 0.29) is 0 Å². The predicted molar refractivity (Wildman–Crippen MR) is 132 cm³/mol. The van der Waals surface area contributed by atoms with Gasteiger partial charge in [-0.05, 0) is 40.8 Å². The van der Waals surface area contributed by atoms with Gasteiger partial charge in [0.2, 0.25) is 0 Å². The number of nitrogens with one attached hydrogen (secondary N) is 1. The van der Waals surface area contributed by atoms with Crippen LogP contribution in [0.3, 0.4) is 0 Å². The van der Waals surface area contributed by atoms with Crippen molar-refractivity contribution in [1.82, 2.24) is 0 Å². The molecule has 1 aliphatic heterocycles. The highest BCUT2D eigenvalue weighted by atomic mass is 15.0. The summed E-state index contributed by atoms with van der Waals surface area (Å²) in [6, 6.07) is 36.0. The lowest BCUT2D eigenvalue weighted by molar-refractivity contribution is 0.824. The van der Waals surface area contributed by atoms with Gasteiger partial charge in [-0.3, -0.25) is 4.99 Å². The Hall–Kier alpha value is -3.91. The van der Waals surface area contributed by atoms with Crippen molar-refractivity contribution in [3.05, 3.63) is 131 Å². The summed E-state index contributed by atoms with van der Waals surface area (Å²) >= 11 is 0. The molecular formula is C29H24N2. The number of benzene rings is 4. The van der Waals surface area contributed by atoms with Gasteiger partial charge in [0.1, 0.15) is 0 Å². The average molecular weight is 401 g/mol. The molecule has 0 saturated carbocycles. The second-order valence-corrected chi connectivity index (χ2v) is 7.79. The van der Waals surface area contributed by atoms with Crippen LogP contribution in [0.2, 0.25) is 0 Å². The maximum atomic E-state index is 4.85. The van der Waals surface area contributed by atoms with Crippen molar-refractivity contribution in [2.45, 2.75) is 12.5 Å². The fraction of sp³-hybridized carbons (Fsp3) is 0.0690. The van der Waals surface area contributed by atoms with E-state index >= 15 is 0 Å². The molecule has 0 spiro atoms. The quantitative estimate of drug-likeness (QED) is 0.275. The molecule has 150 valence electrons. The maximum absolute atomic E-state index is 4.85. The lowest BCUT2D eigenvalue weighted by atomic mass is 10.0. The van der Waals surface area contributed by atoms with Crippen LogP contribution in [0.25, 0.3) is 12.2 Å². The Bertz CT molecular complexity index is 1130. The van der Waals surface area contributed by atoms with E-state index in [1.54, 1.807) is 0 Å². The van der Waals surface area contributed by atoms with Gasteiger partial charge in [0.25, 0.3) is 0 Å². The molecule has 0 saturated heterocycles. The molecule has 2 nitrogen and oxygen atoms in total. The Balaban J connectivity index is 1.50. The first kappa shape index (κ1) is 19.1. The third-order valence-corrected chi connectivity index (χ3v) is 5.62. The molecule has 1 atom stereocenters. The van der Waals surface area contributed by atoms with E-state index in [4.69, 9.17) is 4.99 Å². The fourth-order valence-corrected chi connectivity index (χ4v) is 3.98. The third kappa shape index (κ3) is 4.49. The Morgan fingerprint density at radius 1 is 0.710 bits per heavy atom. The van der Waals surface area contributed by atoms with Crippen LogP contribution in [0.1, 0.15) is 33.9 Å². The molecule has 5 rings (SSSR count). The molecule has 0 aliphatic carbocycles. The van der Waals surface area contributed by atoms with E-state index in [2.05, 4.69) is 96.3 Å². The number of rotatable bonds is 5. The molecule has 4 aromatic carbocycles. The number of anilines is 1. The standard InChI is InChI=1S/C29H24N2/c1-4-10-22(11-5-1)16-17-25-18-26-19-28(24-14-8-3-9-15-24)31-29(26)20-27(25)30-21-23-12-6-2-7-13-23/h1-18,20-21,28,31H,19H2/t28-/m0/s1. The minimum atomic E-state index is 0.301. The van der Waals surface area contributed by atoms with Crippen LogP contribution < -0.4 is 5.32 Å². The van der Waals surface area contributed by atoms with Crippen molar-refractivity contribution in [3.8, 4) is 0 Å². The smallest absolute Gasteiger partial charge is 0.0722 e. The van der Waals surface area contributed by atoms with Gasteiger partial charge in [-0.25, -0.2) is 0 Å². The molecule has 1 heterocycles. The Kier molecular flexibility index (Phi) is 5.44. The predicted octanol–water partition coefficient (Wildman–Crippen LogP) is 7.32. The molecular weight excluding hydrogens is 376 g/mol. The van der Waals surface area contributed by atoms with Crippen molar-refractivity contribution in [3.63, 3.8) is 0 Å².